The van der Waals surface area contributed by atoms with E-state index in [-0.39, 0.29) is 0 Å². The van der Waals surface area contributed by atoms with E-state index in [1.165, 1.54) is 4.88 Å². The molecule has 2 heterocycles. The van der Waals surface area contributed by atoms with Crippen LogP contribution in [0.5, 0.6) is 0 Å². The smallest absolute Gasteiger partial charge is 0.191 e. The fourth-order valence-corrected chi connectivity index (χ4v) is 3.07. The zero-order valence-corrected chi connectivity index (χ0v) is 15.4. The SMILES string of the molecule is C=CCNC(=NCc1nnc(C)n1C)NCC(C)Cc1cccs1. The number of aromatic nitrogens is 3. The number of thiophene rings is 1. The lowest BCUT2D eigenvalue weighted by molar-refractivity contribution is 0.562. The van der Waals surface area contributed by atoms with Crippen LogP contribution in [0.1, 0.15) is 23.4 Å². The summed E-state index contributed by atoms with van der Waals surface area (Å²) in [7, 11) is 1.95. The van der Waals surface area contributed by atoms with Gasteiger partial charge in [0.05, 0.1) is 0 Å². The van der Waals surface area contributed by atoms with E-state index in [0.717, 1.165) is 30.6 Å². The lowest BCUT2D eigenvalue weighted by atomic mass is 10.1. The Bertz CT molecular complexity index is 659. The first-order valence-corrected chi connectivity index (χ1v) is 8.98. The molecule has 0 aliphatic carbocycles. The highest BCUT2D eigenvalue weighted by atomic mass is 32.1. The molecular weight excluding hydrogens is 320 g/mol. The quantitative estimate of drug-likeness (QED) is 0.437. The Balaban J connectivity index is 1.90. The first-order chi connectivity index (χ1) is 11.6. The standard InChI is InChI=1S/C17H26N6S/c1-5-8-18-17(20-12-16-22-21-14(3)23(16)4)19-11-13(2)10-15-7-6-9-24-15/h5-7,9,13H,1,8,10-12H2,2-4H3,(H2,18,19,20). The molecule has 2 N–H and O–H groups in total. The number of nitrogens with zero attached hydrogens (tertiary/aromatic N) is 4. The maximum Gasteiger partial charge on any atom is 0.191 e. The van der Waals surface area contributed by atoms with E-state index in [9.17, 15) is 0 Å². The third kappa shape index (κ3) is 5.49. The molecule has 6 nitrogen and oxygen atoms in total. The third-order valence-corrected chi connectivity index (χ3v) is 4.62. The monoisotopic (exact) mass is 346 g/mol. The molecule has 0 aliphatic rings. The Morgan fingerprint density at radius 1 is 1.46 bits per heavy atom. The fraction of sp³-hybridized carbons (Fsp3) is 0.471. The average Bonchev–Trinajstić information content (AvgIpc) is 3.18. The molecule has 0 spiro atoms. The van der Waals surface area contributed by atoms with E-state index >= 15 is 0 Å². The number of hydrogen-bond acceptors (Lipinski definition) is 4. The second-order valence-corrected chi connectivity index (χ2v) is 6.86. The first-order valence-electron chi connectivity index (χ1n) is 8.10. The largest absolute Gasteiger partial charge is 0.356 e. The molecule has 0 saturated heterocycles. The Morgan fingerprint density at radius 3 is 2.92 bits per heavy atom. The van der Waals surface area contributed by atoms with E-state index < -0.39 is 0 Å². The topological polar surface area (TPSA) is 67.1 Å². The molecule has 0 saturated carbocycles. The lowest BCUT2D eigenvalue weighted by Gasteiger charge is -2.15. The zero-order valence-electron chi connectivity index (χ0n) is 14.6. The molecule has 0 radical (unpaired) electrons. The molecular formula is C17H26N6S. The van der Waals surface area contributed by atoms with Gasteiger partial charge in [0.25, 0.3) is 0 Å². The summed E-state index contributed by atoms with van der Waals surface area (Å²) in [5.74, 6) is 3.03. The predicted octanol–water partition coefficient (Wildman–Crippen LogP) is 2.29. The van der Waals surface area contributed by atoms with E-state index in [4.69, 9.17) is 0 Å². The Kier molecular flexibility index (Phi) is 6.99. The Hall–Kier alpha value is -2.15. The molecule has 2 aromatic rings. The van der Waals surface area contributed by atoms with Crippen molar-refractivity contribution >= 4 is 17.3 Å². The van der Waals surface area contributed by atoms with Gasteiger partial charge in [-0.3, -0.25) is 0 Å². The molecule has 0 bridgehead atoms. The van der Waals surface area contributed by atoms with Crippen LogP contribution in [0, 0.1) is 12.8 Å². The summed E-state index contributed by atoms with van der Waals surface area (Å²) < 4.78 is 1.95. The van der Waals surface area contributed by atoms with Gasteiger partial charge in [0.1, 0.15) is 12.4 Å². The van der Waals surface area contributed by atoms with Crippen molar-refractivity contribution < 1.29 is 0 Å². The summed E-state index contributed by atoms with van der Waals surface area (Å²) in [4.78, 5) is 6.01. The van der Waals surface area contributed by atoms with Gasteiger partial charge in [0.2, 0.25) is 0 Å². The van der Waals surface area contributed by atoms with E-state index in [2.05, 4.69) is 56.8 Å². The molecule has 1 unspecified atom stereocenters. The van der Waals surface area contributed by atoms with Crippen LogP contribution < -0.4 is 10.6 Å². The Labute approximate surface area is 147 Å². The zero-order chi connectivity index (χ0) is 17.4. The maximum atomic E-state index is 4.60. The van der Waals surface area contributed by atoms with Crippen molar-refractivity contribution in [3.63, 3.8) is 0 Å². The van der Waals surface area contributed by atoms with Gasteiger partial charge in [0, 0.05) is 25.0 Å². The van der Waals surface area contributed by atoms with Crippen molar-refractivity contribution in [1.82, 2.24) is 25.4 Å². The predicted molar refractivity (Wildman–Crippen MR) is 100 cm³/mol. The average molecular weight is 347 g/mol. The fourth-order valence-electron chi connectivity index (χ4n) is 2.20. The molecule has 0 aromatic carbocycles. The number of aliphatic imine (C=N–C) groups is 1. The van der Waals surface area contributed by atoms with Gasteiger partial charge in [-0.1, -0.05) is 19.1 Å². The van der Waals surface area contributed by atoms with Crippen LogP contribution in [-0.4, -0.2) is 33.8 Å². The molecule has 0 fully saturated rings. The van der Waals surface area contributed by atoms with Gasteiger partial charge in [-0.05, 0) is 30.7 Å². The second kappa shape index (κ2) is 9.22. The number of rotatable bonds is 8. The highest BCUT2D eigenvalue weighted by molar-refractivity contribution is 7.09. The van der Waals surface area contributed by atoms with E-state index in [1.807, 2.05) is 24.6 Å². The van der Waals surface area contributed by atoms with Crippen molar-refractivity contribution in [3.8, 4) is 0 Å². The summed E-state index contributed by atoms with van der Waals surface area (Å²) in [6.07, 6.45) is 2.89. The lowest BCUT2D eigenvalue weighted by Crippen LogP contribution is -2.40. The highest BCUT2D eigenvalue weighted by Crippen LogP contribution is 2.13. The van der Waals surface area contributed by atoms with Crippen LogP contribution in [0.2, 0.25) is 0 Å². The number of guanidine groups is 1. The number of nitrogens with one attached hydrogen (secondary N) is 2. The van der Waals surface area contributed by atoms with Crippen LogP contribution in [-0.2, 0) is 20.0 Å². The van der Waals surface area contributed by atoms with Crippen molar-refractivity contribution in [1.29, 1.82) is 0 Å². The number of hydrogen-bond donors (Lipinski definition) is 2. The minimum atomic E-state index is 0.489. The number of aryl methyl sites for hydroxylation is 1. The maximum absolute atomic E-state index is 4.60. The first kappa shape index (κ1) is 18.2. The Morgan fingerprint density at radius 2 is 2.29 bits per heavy atom. The molecule has 2 aromatic heterocycles. The van der Waals surface area contributed by atoms with Crippen molar-refractivity contribution in [3.05, 3.63) is 46.7 Å². The molecule has 130 valence electrons. The minimum absolute atomic E-state index is 0.489. The van der Waals surface area contributed by atoms with Crippen molar-refractivity contribution in [2.24, 2.45) is 18.0 Å². The molecule has 1 atom stereocenters. The van der Waals surface area contributed by atoms with Crippen molar-refractivity contribution in [2.75, 3.05) is 13.1 Å². The molecule has 0 aliphatic heterocycles. The van der Waals surface area contributed by atoms with Crippen LogP contribution in [0.3, 0.4) is 0 Å². The normalized spacial score (nSPS) is 12.9. The summed E-state index contributed by atoms with van der Waals surface area (Å²) in [6.45, 7) is 9.93. The molecule has 0 amide bonds. The van der Waals surface area contributed by atoms with Crippen molar-refractivity contribution in [2.45, 2.75) is 26.8 Å². The van der Waals surface area contributed by atoms with Crippen LogP contribution in [0.25, 0.3) is 0 Å². The van der Waals surface area contributed by atoms with Crippen LogP contribution in [0.15, 0.2) is 35.2 Å². The summed E-state index contributed by atoms with van der Waals surface area (Å²) >= 11 is 1.81. The van der Waals surface area contributed by atoms with Gasteiger partial charge in [-0.15, -0.1) is 28.1 Å². The highest BCUT2D eigenvalue weighted by Gasteiger charge is 2.08. The summed E-state index contributed by atoms with van der Waals surface area (Å²) in [6, 6.07) is 4.28. The van der Waals surface area contributed by atoms with Gasteiger partial charge < -0.3 is 15.2 Å². The van der Waals surface area contributed by atoms with E-state index in [1.54, 1.807) is 11.3 Å². The molecule has 7 heteroatoms. The molecule has 24 heavy (non-hydrogen) atoms. The van der Waals surface area contributed by atoms with E-state index in [0.29, 0.717) is 19.0 Å². The molecule has 2 rings (SSSR count). The second-order valence-electron chi connectivity index (χ2n) is 5.83. The van der Waals surface area contributed by atoms with Crippen LogP contribution >= 0.6 is 11.3 Å². The van der Waals surface area contributed by atoms with Gasteiger partial charge in [-0.25, -0.2) is 4.99 Å². The van der Waals surface area contributed by atoms with Crippen LogP contribution in [0.4, 0.5) is 0 Å². The summed E-state index contributed by atoms with van der Waals surface area (Å²) in [5, 5.41) is 17.0. The third-order valence-electron chi connectivity index (χ3n) is 3.72. The summed E-state index contributed by atoms with van der Waals surface area (Å²) in [5.41, 5.74) is 0. The van der Waals surface area contributed by atoms with Gasteiger partial charge in [0.15, 0.2) is 11.8 Å². The van der Waals surface area contributed by atoms with Gasteiger partial charge in [-0.2, -0.15) is 0 Å². The minimum Gasteiger partial charge on any atom is -0.356 e. The van der Waals surface area contributed by atoms with Gasteiger partial charge >= 0.3 is 0 Å².